The van der Waals surface area contributed by atoms with Crippen LogP contribution in [0.2, 0.25) is 0 Å². The van der Waals surface area contributed by atoms with Gasteiger partial charge in [-0.1, -0.05) is 0 Å². The van der Waals surface area contributed by atoms with Gasteiger partial charge in [-0.3, -0.25) is 4.68 Å². The Morgan fingerprint density at radius 1 is 1.32 bits per heavy atom. The molecule has 0 amide bonds. The first-order chi connectivity index (χ1) is 9.04. The Kier molecular flexibility index (Phi) is 4.56. The van der Waals surface area contributed by atoms with Crippen molar-refractivity contribution in [3.63, 3.8) is 0 Å². The molecule has 2 rings (SSSR count). The molecule has 2 N–H and O–H groups in total. The molecule has 1 fully saturated rings. The zero-order chi connectivity index (χ0) is 13.9. The summed E-state index contributed by atoms with van der Waals surface area (Å²) in [5.41, 5.74) is 5.48. The molecule has 0 spiro atoms. The number of rotatable bonds is 5. The summed E-state index contributed by atoms with van der Waals surface area (Å²) in [6.07, 6.45) is 3.89. The van der Waals surface area contributed by atoms with E-state index in [4.69, 9.17) is 5.73 Å². The third-order valence-electron chi connectivity index (χ3n) is 3.33. The fourth-order valence-corrected chi connectivity index (χ4v) is 3.60. The standard InChI is InChI=1S/C11H21N5O2S/c1-14-10-11(9-13-14)19(17,18)16-7-5-15(6-8-16)4-2-3-12/h9-10H,2-8,12H2,1H3. The van der Waals surface area contributed by atoms with Crippen LogP contribution >= 0.6 is 0 Å². The second-order valence-electron chi connectivity index (χ2n) is 4.74. The molecular weight excluding hydrogens is 266 g/mol. The van der Waals surface area contributed by atoms with Crippen molar-refractivity contribution in [1.82, 2.24) is 19.0 Å². The van der Waals surface area contributed by atoms with E-state index in [2.05, 4.69) is 10.00 Å². The summed E-state index contributed by atoms with van der Waals surface area (Å²) in [5, 5.41) is 3.92. The molecule has 1 aromatic heterocycles. The van der Waals surface area contributed by atoms with E-state index >= 15 is 0 Å². The minimum atomic E-state index is -3.39. The molecule has 0 bridgehead atoms. The molecule has 0 aromatic carbocycles. The van der Waals surface area contributed by atoms with Crippen LogP contribution in [0.5, 0.6) is 0 Å². The number of hydrogen-bond acceptors (Lipinski definition) is 5. The second-order valence-corrected chi connectivity index (χ2v) is 6.68. The molecule has 0 atom stereocenters. The summed E-state index contributed by atoms with van der Waals surface area (Å²) in [6.45, 7) is 4.20. The van der Waals surface area contributed by atoms with Gasteiger partial charge in [-0.25, -0.2) is 8.42 Å². The van der Waals surface area contributed by atoms with Crippen molar-refractivity contribution < 1.29 is 8.42 Å². The summed E-state index contributed by atoms with van der Waals surface area (Å²) in [5.74, 6) is 0. The van der Waals surface area contributed by atoms with Crippen LogP contribution in [0.1, 0.15) is 6.42 Å². The predicted octanol–water partition coefficient (Wildman–Crippen LogP) is -0.925. The molecule has 0 aliphatic carbocycles. The number of aryl methyl sites for hydroxylation is 1. The van der Waals surface area contributed by atoms with Gasteiger partial charge in [-0.2, -0.15) is 9.40 Å². The van der Waals surface area contributed by atoms with Gasteiger partial charge in [0, 0.05) is 39.4 Å². The molecule has 1 aliphatic rings. The first kappa shape index (κ1) is 14.4. The lowest BCUT2D eigenvalue weighted by atomic mass is 10.3. The quantitative estimate of drug-likeness (QED) is 0.757. The minimum Gasteiger partial charge on any atom is -0.330 e. The molecule has 8 heteroatoms. The number of nitrogens with zero attached hydrogens (tertiary/aromatic N) is 4. The monoisotopic (exact) mass is 287 g/mol. The van der Waals surface area contributed by atoms with Crippen molar-refractivity contribution >= 4 is 10.0 Å². The van der Waals surface area contributed by atoms with Gasteiger partial charge in [-0.05, 0) is 19.5 Å². The lowest BCUT2D eigenvalue weighted by molar-refractivity contribution is 0.187. The lowest BCUT2D eigenvalue weighted by Crippen LogP contribution is -2.48. The Bertz CT molecular complexity index is 505. The lowest BCUT2D eigenvalue weighted by Gasteiger charge is -2.33. The normalized spacial score (nSPS) is 18.8. The van der Waals surface area contributed by atoms with Crippen molar-refractivity contribution in [3.05, 3.63) is 12.4 Å². The molecule has 2 heterocycles. The van der Waals surface area contributed by atoms with E-state index in [1.807, 2.05) is 0 Å². The van der Waals surface area contributed by atoms with Gasteiger partial charge < -0.3 is 10.6 Å². The van der Waals surface area contributed by atoms with Crippen LogP contribution in [0.15, 0.2) is 17.3 Å². The number of piperazine rings is 1. The van der Waals surface area contributed by atoms with E-state index in [1.54, 1.807) is 7.05 Å². The van der Waals surface area contributed by atoms with Crippen molar-refractivity contribution in [2.75, 3.05) is 39.3 Å². The summed E-state index contributed by atoms with van der Waals surface area (Å²) >= 11 is 0. The van der Waals surface area contributed by atoms with E-state index in [1.165, 1.54) is 21.4 Å². The third kappa shape index (κ3) is 3.33. The largest absolute Gasteiger partial charge is 0.330 e. The Morgan fingerprint density at radius 2 is 2.00 bits per heavy atom. The predicted molar refractivity (Wildman–Crippen MR) is 72.1 cm³/mol. The fraction of sp³-hybridized carbons (Fsp3) is 0.727. The first-order valence-electron chi connectivity index (χ1n) is 6.45. The van der Waals surface area contributed by atoms with E-state index in [-0.39, 0.29) is 4.90 Å². The summed E-state index contributed by atoms with van der Waals surface area (Å²) < 4.78 is 27.7. The van der Waals surface area contributed by atoms with Crippen LogP contribution in [0.4, 0.5) is 0 Å². The average Bonchev–Trinajstić information content (AvgIpc) is 2.84. The van der Waals surface area contributed by atoms with Gasteiger partial charge in [0.1, 0.15) is 4.90 Å². The van der Waals surface area contributed by atoms with Gasteiger partial charge in [0.15, 0.2) is 0 Å². The molecule has 0 unspecified atom stereocenters. The van der Waals surface area contributed by atoms with Crippen LogP contribution in [-0.4, -0.2) is 66.7 Å². The number of aromatic nitrogens is 2. The van der Waals surface area contributed by atoms with Gasteiger partial charge >= 0.3 is 0 Å². The second kappa shape index (κ2) is 6.00. The highest BCUT2D eigenvalue weighted by Crippen LogP contribution is 2.16. The van der Waals surface area contributed by atoms with Crippen molar-refractivity contribution in [1.29, 1.82) is 0 Å². The third-order valence-corrected chi connectivity index (χ3v) is 5.18. The topological polar surface area (TPSA) is 84.5 Å². The van der Waals surface area contributed by atoms with Crippen molar-refractivity contribution in [2.24, 2.45) is 12.8 Å². The smallest absolute Gasteiger partial charge is 0.246 e. The molecule has 1 saturated heterocycles. The molecule has 19 heavy (non-hydrogen) atoms. The highest BCUT2D eigenvalue weighted by Gasteiger charge is 2.29. The Balaban J connectivity index is 1.97. The van der Waals surface area contributed by atoms with E-state index in [0.717, 1.165) is 26.1 Å². The van der Waals surface area contributed by atoms with Crippen molar-refractivity contribution in [2.45, 2.75) is 11.3 Å². The maximum absolute atomic E-state index is 12.4. The Labute approximate surface area is 114 Å². The van der Waals surface area contributed by atoms with E-state index < -0.39 is 10.0 Å². The zero-order valence-corrected chi connectivity index (χ0v) is 12.0. The van der Waals surface area contributed by atoms with Gasteiger partial charge in [0.2, 0.25) is 10.0 Å². The molecule has 7 nitrogen and oxygen atoms in total. The first-order valence-corrected chi connectivity index (χ1v) is 7.89. The molecule has 1 aromatic rings. The van der Waals surface area contributed by atoms with Crippen molar-refractivity contribution in [3.8, 4) is 0 Å². The Hall–Kier alpha value is -0.960. The number of nitrogens with two attached hydrogens (primary N) is 1. The summed E-state index contributed by atoms with van der Waals surface area (Å²) in [6, 6.07) is 0. The maximum atomic E-state index is 12.4. The van der Waals surface area contributed by atoms with Gasteiger partial charge in [-0.15, -0.1) is 0 Å². The van der Waals surface area contributed by atoms with E-state index in [0.29, 0.717) is 19.6 Å². The van der Waals surface area contributed by atoms with Crippen LogP contribution in [-0.2, 0) is 17.1 Å². The molecule has 108 valence electrons. The number of hydrogen-bond donors (Lipinski definition) is 1. The minimum absolute atomic E-state index is 0.269. The summed E-state index contributed by atoms with van der Waals surface area (Å²) in [7, 11) is -1.67. The average molecular weight is 287 g/mol. The highest BCUT2D eigenvalue weighted by atomic mass is 32.2. The fourth-order valence-electron chi connectivity index (χ4n) is 2.19. The van der Waals surface area contributed by atoms with E-state index in [9.17, 15) is 8.42 Å². The van der Waals surface area contributed by atoms with Crippen LogP contribution < -0.4 is 5.73 Å². The molecule has 1 aliphatic heterocycles. The molecule has 0 radical (unpaired) electrons. The Morgan fingerprint density at radius 3 is 2.53 bits per heavy atom. The molecule has 0 saturated carbocycles. The number of sulfonamides is 1. The van der Waals surface area contributed by atoms with Gasteiger partial charge in [0.05, 0.1) is 6.20 Å². The van der Waals surface area contributed by atoms with Crippen LogP contribution in [0.3, 0.4) is 0 Å². The van der Waals surface area contributed by atoms with Gasteiger partial charge in [0.25, 0.3) is 0 Å². The van der Waals surface area contributed by atoms with Crippen LogP contribution in [0, 0.1) is 0 Å². The highest BCUT2D eigenvalue weighted by molar-refractivity contribution is 7.89. The maximum Gasteiger partial charge on any atom is 0.246 e. The summed E-state index contributed by atoms with van der Waals surface area (Å²) in [4.78, 5) is 2.52. The zero-order valence-electron chi connectivity index (χ0n) is 11.2. The SMILES string of the molecule is Cn1cc(S(=O)(=O)N2CCN(CCCN)CC2)cn1. The van der Waals surface area contributed by atoms with Crippen LogP contribution in [0.25, 0.3) is 0 Å². The molecular formula is C11H21N5O2S.